The summed E-state index contributed by atoms with van der Waals surface area (Å²) in [6, 6.07) is 1.89. The van der Waals surface area contributed by atoms with Gasteiger partial charge in [0.1, 0.15) is 5.69 Å². The second-order valence-electron chi connectivity index (χ2n) is 7.91. The van der Waals surface area contributed by atoms with Gasteiger partial charge < -0.3 is 4.90 Å². The maximum Gasteiger partial charge on any atom is 0.274 e. The molecule has 3 heterocycles. The molecule has 0 bridgehead atoms. The summed E-state index contributed by atoms with van der Waals surface area (Å²) >= 11 is 0. The van der Waals surface area contributed by atoms with E-state index in [1.54, 1.807) is 0 Å². The highest BCUT2D eigenvalue weighted by Gasteiger charge is 2.27. The zero-order chi connectivity index (χ0) is 17.3. The van der Waals surface area contributed by atoms with E-state index in [9.17, 15) is 4.79 Å². The smallest absolute Gasteiger partial charge is 0.274 e. The van der Waals surface area contributed by atoms with Crippen molar-refractivity contribution in [3.63, 3.8) is 0 Å². The van der Waals surface area contributed by atoms with Crippen molar-refractivity contribution < 1.29 is 4.79 Å². The predicted molar refractivity (Wildman–Crippen MR) is 92.9 cm³/mol. The number of aromatic nitrogens is 4. The Morgan fingerprint density at radius 2 is 2.17 bits per heavy atom. The van der Waals surface area contributed by atoms with Gasteiger partial charge in [-0.15, -0.1) is 0 Å². The molecule has 2 aromatic heterocycles. The first-order valence-corrected chi connectivity index (χ1v) is 8.68. The highest BCUT2D eigenvalue weighted by atomic mass is 16.2. The van der Waals surface area contributed by atoms with E-state index < -0.39 is 0 Å². The minimum Gasteiger partial charge on any atom is -0.337 e. The minimum atomic E-state index is -0.0336. The van der Waals surface area contributed by atoms with E-state index in [4.69, 9.17) is 0 Å². The monoisotopic (exact) mass is 329 g/mol. The molecule has 1 aliphatic heterocycles. The standard InChI is InChI=1S/C18H27N5O/c1-12-10-19-20-14(12)8-13-6-5-7-23(11-13)17(24)15-9-16(22-21-15)18(2,3)4/h9-10,13H,5-8,11H2,1-4H3,(H,19,20)(H,21,22). The summed E-state index contributed by atoms with van der Waals surface area (Å²) in [7, 11) is 0. The zero-order valence-electron chi connectivity index (χ0n) is 15.0. The minimum absolute atomic E-state index is 0.0336. The van der Waals surface area contributed by atoms with Crippen LogP contribution in [0.1, 0.15) is 61.1 Å². The Hall–Kier alpha value is -2.11. The topological polar surface area (TPSA) is 77.7 Å². The number of piperidine rings is 1. The first-order valence-electron chi connectivity index (χ1n) is 8.68. The number of hydrogen-bond donors (Lipinski definition) is 2. The van der Waals surface area contributed by atoms with Gasteiger partial charge in [-0.2, -0.15) is 10.2 Å². The molecule has 2 N–H and O–H groups in total. The van der Waals surface area contributed by atoms with Gasteiger partial charge in [-0.25, -0.2) is 0 Å². The molecule has 1 fully saturated rings. The van der Waals surface area contributed by atoms with Gasteiger partial charge in [0, 0.05) is 29.9 Å². The van der Waals surface area contributed by atoms with Gasteiger partial charge in [-0.1, -0.05) is 20.8 Å². The van der Waals surface area contributed by atoms with Gasteiger partial charge in [0.25, 0.3) is 5.91 Å². The number of hydrogen-bond acceptors (Lipinski definition) is 3. The van der Waals surface area contributed by atoms with Gasteiger partial charge in [0.2, 0.25) is 0 Å². The number of amides is 1. The maximum absolute atomic E-state index is 12.8. The number of nitrogens with zero attached hydrogens (tertiary/aromatic N) is 3. The molecule has 0 saturated carbocycles. The third-order valence-electron chi connectivity index (χ3n) is 4.84. The van der Waals surface area contributed by atoms with E-state index >= 15 is 0 Å². The van der Waals surface area contributed by atoms with Crippen LogP contribution < -0.4 is 0 Å². The molecule has 1 aliphatic rings. The number of carbonyl (C=O) groups excluding carboxylic acids is 1. The van der Waals surface area contributed by atoms with Crippen LogP contribution in [0, 0.1) is 12.8 Å². The predicted octanol–water partition coefficient (Wildman–Crippen LogP) is 2.83. The Morgan fingerprint density at radius 1 is 1.38 bits per heavy atom. The van der Waals surface area contributed by atoms with Crippen molar-refractivity contribution in [2.45, 2.75) is 52.4 Å². The van der Waals surface area contributed by atoms with Gasteiger partial charge in [-0.05, 0) is 43.7 Å². The van der Waals surface area contributed by atoms with E-state index in [0.29, 0.717) is 11.6 Å². The Kier molecular flexibility index (Phi) is 4.47. The summed E-state index contributed by atoms with van der Waals surface area (Å²) < 4.78 is 0. The quantitative estimate of drug-likeness (QED) is 0.909. The van der Waals surface area contributed by atoms with E-state index in [1.807, 2.05) is 17.2 Å². The summed E-state index contributed by atoms with van der Waals surface area (Å²) in [6.07, 6.45) is 5.00. The maximum atomic E-state index is 12.8. The first kappa shape index (κ1) is 16.7. The molecule has 0 aliphatic carbocycles. The molecular formula is C18H27N5O. The molecule has 130 valence electrons. The van der Waals surface area contributed by atoms with E-state index in [2.05, 4.69) is 48.1 Å². The summed E-state index contributed by atoms with van der Waals surface area (Å²) in [4.78, 5) is 14.7. The Bertz CT molecular complexity index is 709. The normalized spacial score (nSPS) is 18.8. The zero-order valence-corrected chi connectivity index (χ0v) is 15.0. The summed E-state index contributed by atoms with van der Waals surface area (Å²) in [5.41, 5.74) is 3.86. The molecule has 6 nitrogen and oxygen atoms in total. The van der Waals surface area contributed by atoms with Crippen LogP contribution in [0.15, 0.2) is 12.3 Å². The van der Waals surface area contributed by atoms with Crippen LogP contribution in [0.4, 0.5) is 0 Å². The number of likely N-dealkylation sites (tertiary alicyclic amines) is 1. The molecule has 0 spiro atoms. The fourth-order valence-corrected chi connectivity index (χ4v) is 3.26. The Balaban J connectivity index is 1.67. The summed E-state index contributed by atoms with van der Waals surface area (Å²) in [5, 5.41) is 14.4. The molecular weight excluding hydrogens is 302 g/mol. The van der Waals surface area contributed by atoms with Crippen molar-refractivity contribution in [1.29, 1.82) is 0 Å². The molecule has 3 rings (SSSR count). The molecule has 24 heavy (non-hydrogen) atoms. The fraction of sp³-hybridized carbons (Fsp3) is 0.611. The van der Waals surface area contributed by atoms with Crippen LogP contribution in [0.2, 0.25) is 0 Å². The van der Waals surface area contributed by atoms with Gasteiger partial charge in [0.15, 0.2) is 0 Å². The Labute approximate surface area is 143 Å². The Morgan fingerprint density at radius 3 is 2.79 bits per heavy atom. The van der Waals surface area contributed by atoms with Crippen LogP contribution in [-0.4, -0.2) is 44.3 Å². The lowest BCUT2D eigenvalue weighted by atomic mass is 9.91. The number of H-pyrrole nitrogens is 2. The van der Waals surface area contributed by atoms with Crippen molar-refractivity contribution in [2.24, 2.45) is 5.92 Å². The third kappa shape index (κ3) is 3.52. The van der Waals surface area contributed by atoms with E-state index in [-0.39, 0.29) is 11.3 Å². The SMILES string of the molecule is Cc1cn[nH]c1CC1CCCN(C(=O)c2cc(C(C)(C)C)[nH]n2)C1. The third-order valence-corrected chi connectivity index (χ3v) is 4.84. The van der Waals surface area contributed by atoms with Crippen molar-refractivity contribution >= 4 is 5.91 Å². The molecule has 0 aromatic carbocycles. The summed E-state index contributed by atoms with van der Waals surface area (Å²) in [6.45, 7) is 10.0. The lowest BCUT2D eigenvalue weighted by Gasteiger charge is -2.32. The average Bonchev–Trinajstić information content (AvgIpc) is 3.16. The van der Waals surface area contributed by atoms with Gasteiger partial charge in [-0.3, -0.25) is 15.0 Å². The number of rotatable bonds is 3. The number of aromatic amines is 2. The largest absolute Gasteiger partial charge is 0.337 e. The van der Waals surface area contributed by atoms with Crippen molar-refractivity contribution in [3.05, 3.63) is 34.9 Å². The number of carbonyl (C=O) groups is 1. The highest BCUT2D eigenvalue weighted by molar-refractivity contribution is 5.92. The van der Waals surface area contributed by atoms with E-state index in [0.717, 1.165) is 38.0 Å². The lowest BCUT2D eigenvalue weighted by Crippen LogP contribution is -2.40. The lowest BCUT2D eigenvalue weighted by molar-refractivity contribution is 0.0666. The van der Waals surface area contributed by atoms with Crippen LogP contribution in [-0.2, 0) is 11.8 Å². The molecule has 1 unspecified atom stereocenters. The molecule has 6 heteroatoms. The second-order valence-corrected chi connectivity index (χ2v) is 7.91. The number of aryl methyl sites for hydroxylation is 1. The summed E-state index contributed by atoms with van der Waals surface area (Å²) in [5.74, 6) is 0.510. The molecule has 0 radical (unpaired) electrons. The van der Waals surface area contributed by atoms with Crippen molar-refractivity contribution in [1.82, 2.24) is 25.3 Å². The molecule has 2 aromatic rings. The molecule has 1 amide bonds. The van der Waals surface area contributed by atoms with Crippen LogP contribution >= 0.6 is 0 Å². The second kappa shape index (κ2) is 6.42. The van der Waals surface area contributed by atoms with Crippen molar-refractivity contribution in [3.8, 4) is 0 Å². The van der Waals surface area contributed by atoms with Crippen molar-refractivity contribution in [2.75, 3.05) is 13.1 Å². The first-order chi connectivity index (χ1) is 11.3. The average molecular weight is 329 g/mol. The van der Waals surface area contributed by atoms with Crippen LogP contribution in [0.25, 0.3) is 0 Å². The molecule has 1 saturated heterocycles. The van der Waals surface area contributed by atoms with E-state index in [1.165, 1.54) is 11.3 Å². The fourth-order valence-electron chi connectivity index (χ4n) is 3.26. The number of nitrogens with one attached hydrogen (secondary N) is 2. The highest BCUT2D eigenvalue weighted by Crippen LogP contribution is 2.24. The van der Waals surface area contributed by atoms with Gasteiger partial charge in [0.05, 0.1) is 6.20 Å². The van der Waals surface area contributed by atoms with Crippen LogP contribution in [0.3, 0.4) is 0 Å². The van der Waals surface area contributed by atoms with Gasteiger partial charge >= 0.3 is 0 Å². The van der Waals surface area contributed by atoms with Crippen LogP contribution in [0.5, 0.6) is 0 Å². The molecule has 1 atom stereocenters.